The molecule has 1 aliphatic carbocycles. The van der Waals surface area contributed by atoms with E-state index in [1.165, 1.54) is 0 Å². The van der Waals surface area contributed by atoms with Crippen molar-refractivity contribution in [2.45, 2.75) is 38.1 Å². The van der Waals surface area contributed by atoms with Gasteiger partial charge in [-0.3, -0.25) is 4.79 Å². The minimum Gasteiger partial charge on any atom is -0.353 e. The van der Waals surface area contributed by atoms with Gasteiger partial charge in [0, 0.05) is 12.5 Å². The quantitative estimate of drug-likeness (QED) is 0.813. The summed E-state index contributed by atoms with van der Waals surface area (Å²) in [5, 5.41) is 3.07. The largest absolute Gasteiger partial charge is 0.353 e. The van der Waals surface area contributed by atoms with E-state index in [0.29, 0.717) is 12.3 Å². The van der Waals surface area contributed by atoms with Gasteiger partial charge in [0.2, 0.25) is 5.91 Å². The van der Waals surface area contributed by atoms with Crippen LogP contribution in [0.3, 0.4) is 0 Å². The van der Waals surface area contributed by atoms with Gasteiger partial charge in [-0.1, -0.05) is 42.8 Å². The summed E-state index contributed by atoms with van der Waals surface area (Å²) in [4.78, 5) is 11.6. The monoisotopic (exact) mass is 267 g/mol. The molecular formula is C18H21NO. The van der Waals surface area contributed by atoms with E-state index in [1.807, 2.05) is 30.3 Å². The summed E-state index contributed by atoms with van der Waals surface area (Å²) < 4.78 is 0. The lowest BCUT2D eigenvalue weighted by molar-refractivity contribution is -0.121. The molecule has 0 aromatic heterocycles. The molecule has 1 aromatic rings. The lowest BCUT2D eigenvalue weighted by Crippen LogP contribution is -2.37. The lowest BCUT2D eigenvalue weighted by atomic mass is 9.85. The molecule has 2 heteroatoms. The highest BCUT2D eigenvalue weighted by atomic mass is 16.1. The molecule has 0 heterocycles. The highest BCUT2D eigenvalue weighted by Gasteiger charge is 2.21. The summed E-state index contributed by atoms with van der Waals surface area (Å²) in [5.74, 6) is 0.458. The van der Waals surface area contributed by atoms with Crippen LogP contribution in [0.25, 0.3) is 0 Å². The van der Waals surface area contributed by atoms with E-state index < -0.39 is 0 Å². The Morgan fingerprint density at radius 2 is 2.15 bits per heavy atom. The molecule has 0 saturated heterocycles. The van der Waals surface area contributed by atoms with Crippen LogP contribution in [0, 0.1) is 18.1 Å². The minimum absolute atomic E-state index is 0.0710. The van der Waals surface area contributed by atoms with Crippen LogP contribution < -0.4 is 5.32 Å². The molecule has 0 aliphatic heterocycles. The second-order valence-electron chi connectivity index (χ2n) is 5.26. The third-order valence-corrected chi connectivity index (χ3v) is 3.56. The Balaban J connectivity index is 1.85. The van der Waals surface area contributed by atoms with E-state index >= 15 is 0 Å². The Bertz CT molecular complexity index is 464. The molecule has 2 atom stereocenters. The molecule has 1 fully saturated rings. The van der Waals surface area contributed by atoms with Crippen molar-refractivity contribution in [2.24, 2.45) is 5.92 Å². The summed E-state index contributed by atoms with van der Waals surface area (Å²) in [5.41, 5.74) is 1.06. The van der Waals surface area contributed by atoms with Crippen molar-refractivity contribution in [3.63, 3.8) is 0 Å². The van der Waals surface area contributed by atoms with Crippen LogP contribution in [0.1, 0.15) is 37.7 Å². The van der Waals surface area contributed by atoms with Crippen molar-refractivity contribution in [3.05, 3.63) is 60.7 Å². The van der Waals surface area contributed by atoms with Gasteiger partial charge in [0.05, 0.1) is 0 Å². The van der Waals surface area contributed by atoms with Gasteiger partial charge in [0.1, 0.15) is 0 Å². The summed E-state index contributed by atoms with van der Waals surface area (Å²) in [7, 11) is 0. The van der Waals surface area contributed by atoms with Gasteiger partial charge in [0.25, 0.3) is 0 Å². The van der Waals surface area contributed by atoms with Gasteiger partial charge < -0.3 is 5.32 Å². The van der Waals surface area contributed by atoms with Crippen molar-refractivity contribution >= 4 is 5.91 Å². The Morgan fingerprint density at radius 3 is 2.90 bits per heavy atom. The molecule has 104 valence electrons. The number of nitrogens with one attached hydrogen (secondary N) is 1. The predicted octanol–water partition coefficient (Wildman–Crippen LogP) is 3.45. The maximum absolute atomic E-state index is 11.6. The lowest BCUT2D eigenvalue weighted by Gasteiger charge is -2.27. The fraction of sp³-hybridized carbons (Fsp3) is 0.389. The first kappa shape index (κ1) is 14.6. The summed E-state index contributed by atoms with van der Waals surface area (Å²) in [6.45, 7) is 3.59. The number of carbonyl (C=O) groups is 1. The SMILES string of the molecule is C=CCC(=O)N[C@H]1CCC[C@@H]([C]=[C]c2ccccc2)C1. The molecule has 0 spiro atoms. The molecule has 1 amide bonds. The second kappa shape index (κ2) is 7.68. The highest BCUT2D eigenvalue weighted by molar-refractivity contribution is 5.77. The first-order chi connectivity index (χ1) is 9.78. The van der Waals surface area contributed by atoms with Crippen molar-refractivity contribution in [1.29, 1.82) is 0 Å². The Kier molecular flexibility index (Phi) is 5.60. The standard InChI is InChI=1S/C18H21NO/c1-2-7-18(20)19-17-11-6-10-16(14-17)13-12-15-8-4-3-5-9-15/h2-5,8-9,16-17H,1,6-7,10-11,14H2,(H,19,20)/t16-,17-/m0/s1. The highest BCUT2D eigenvalue weighted by Crippen LogP contribution is 2.25. The molecule has 2 radical (unpaired) electrons. The third kappa shape index (κ3) is 4.69. The molecule has 2 rings (SSSR count). The van der Waals surface area contributed by atoms with E-state index in [1.54, 1.807) is 6.08 Å². The molecule has 2 nitrogen and oxygen atoms in total. The molecule has 1 aromatic carbocycles. The number of benzene rings is 1. The number of rotatable bonds is 5. The Morgan fingerprint density at radius 1 is 1.35 bits per heavy atom. The maximum Gasteiger partial charge on any atom is 0.224 e. The van der Waals surface area contributed by atoms with Gasteiger partial charge in [-0.15, -0.1) is 6.58 Å². The molecule has 20 heavy (non-hydrogen) atoms. The molecule has 1 saturated carbocycles. The van der Waals surface area contributed by atoms with Gasteiger partial charge >= 0.3 is 0 Å². The average molecular weight is 267 g/mol. The summed E-state index contributed by atoms with van der Waals surface area (Å²) in [6.07, 6.45) is 12.9. The van der Waals surface area contributed by atoms with Crippen LogP contribution in [-0.4, -0.2) is 11.9 Å². The van der Waals surface area contributed by atoms with Gasteiger partial charge in [-0.25, -0.2) is 0 Å². The van der Waals surface area contributed by atoms with Crippen LogP contribution in [0.5, 0.6) is 0 Å². The first-order valence-electron chi connectivity index (χ1n) is 7.25. The van der Waals surface area contributed by atoms with Crippen molar-refractivity contribution in [1.82, 2.24) is 5.32 Å². The zero-order valence-electron chi connectivity index (χ0n) is 11.8. The van der Waals surface area contributed by atoms with Crippen molar-refractivity contribution < 1.29 is 4.79 Å². The van der Waals surface area contributed by atoms with Crippen molar-refractivity contribution in [2.75, 3.05) is 0 Å². The smallest absolute Gasteiger partial charge is 0.224 e. The predicted molar refractivity (Wildman–Crippen MR) is 80.7 cm³/mol. The zero-order valence-corrected chi connectivity index (χ0v) is 11.8. The summed E-state index contributed by atoms with van der Waals surface area (Å²) in [6, 6.07) is 10.3. The minimum atomic E-state index is 0.0710. The number of amides is 1. The second-order valence-corrected chi connectivity index (χ2v) is 5.26. The van der Waals surface area contributed by atoms with Crippen LogP contribution in [0.15, 0.2) is 43.0 Å². The van der Waals surface area contributed by atoms with E-state index in [0.717, 1.165) is 31.2 Å². The first-order valence-corrected chi connectivity index (χ1v) is 7.25. The molecule has 0 bridgehead atoms. The molecule has 0 unspecified atom stereocenters. The van der Waals surface area contributed by atoms with Gasteiger partial charge in [-0.05, 0) is 42.9 Å². The number of carbonyl (C=O) groups excluding carboxylic acids is 1. The van der Waals surface area contributed by atoms with E-state index in [4.69, 9.17) is 0 Å². The topological polar surface area (TPSA) is 29.1 Å². The van der Waals surface area contributed by atoms with E-state index in [2.05, 4.69) is 24.0 Å². The number of allylic oxidation sites excluding steroid dienone is 1. The fourth-order valence-electron chi connectivity index (χ4n) is 2.58. The van der Waals surface area contributed by atoms with Crippen molar-refractivity contribution in [3.8, 4) is 0 Å². The average Bonchev–Trinajstić information content (AvgIpc) is 2.47. The number of hydrogen-bond acceptors (Lipinski definition) is 1. The van der Waals surface area contributed by atoms with Crippen LogP contribution in [-0.2, 0) is 4.79 Å². The summed E-state index contributed by atoms with van der Waals surface area (Å²) >= 11 is 0. The van der Waals surface area contributed by atoms with Gasteiger partial charge in [-0.2, -0.15) is 0 Å². The van der Waals surface area contributed by atoms with E-state index in [-0.39, 0.29) is 11.9 Å². The van der Waals surface area contributed by atoms with Crippen LogP contribution >= 0.6 is 0 Å². The molecule has 1 aliphatic rings. The Labute approximate surface area is 121 Å². The Hall–Kier alpha value is -1.83. The van der Waals surface area contributed by atoms with E-state index in [9.17, 15) is 4.79 Å². The normalized spacial score (nSPS) is 22.6. The number of hydrogen-bond donors (Lipinski definition) is 1. The maximum atomic E-state index is 11.6. The van der Waals surface area contributed by atoms with Crippen LogP contribution in [0.2, 0.25) is 0 Å². The molecule has 1 N–H and O–H groups in total. The van der Waals surface area contributed by atoms with Crippen LogP contribution in [0.4, 0.5) is 0 Å². The van der Waals surface area contributed by atoms with Gasteiger partial charge in [0.15, 0.2) is 0 Å². The molecular weight excluding hydrogens is 246 g/mol. The zero-order chi connectivity index (χ0) is 14.2. The fourth-order valence-corrected chi connectivity index (χ4v) is 2.58. The third-order valence-electron chi connectivity index (χ3n) is 3.56.